The Morgan fingerprint density at radius 2 is 1.67 bits per heavy atom. The predicted molar refractivity (Wildman–Crippen MR) is 118 cm³/mol. The van der Waals surface area contributed by atoms with Crippen molar-refractivity contribution in [3.63, 3.8) is 0 Å². The lowest BCUT2D eigenvalue weighted by Gasteiger charge is -2.31. The number of carbonyl (C=O) groups is 2. The standard InChI is InChI=1S/C23H29ClN2O4/c1-16(22(28)25-23(2,3)4)26(14-17-8-6-7-9-20(17)24)21(27)15-30-19-12-10-18(29-5)11-13-19/h6-13,16H,14-15H2,1-5H3,(H,25,28). The van der Waals surface area contributed by atoms with Crippen LogP contribution in [-0.2, 0) is 16.1 Å². The smallest absolute Gasteiger partial charge is 0.261 e. The van der Waals surface area contributed by atoms with Crippen molar-refractivity contribution in [3.8, 4) is 11.5 Å². The lowest BCUT2D eigenvalue weighted by atomic mass is 10.1. The number of methoxy groups -OCH3 is 1. The minimum absolute atomic E-state index is 0.198. The molecule has 1 N–H and O–H groups in total. The van der Waals surface area contributed by atoms with Crippen LogP contribution in [0.4, 0.5) is 0 Å². The summed E-state index contributed by atoms with van der Waals surface area (Å²) in [6.07, 6.45) is 0. The molecule has 7 heteroatoms. The molecule has 0 aliphatic rings. The van der Waals surface area contributed by atoms with E-state index in [1.807, 2.05) is 39.0 Å². The van der Waals surface area contributed by atoms with Crippen LogP contribution in [0.5, 0.6) is 11.5 Å². The number of amides is 2. The first kappa shape index (κ1) is 23.5. The predicted octanol–water partition coefficient (Wildman–Crippen LogP) is 4.06. The minimum Gasteiger partial charge on any atom is -0.497 e. The molecule has 0 radical (unpaired) electrons. The van der Waals surface area contributed by atoms with Gasteiger partial charge in [0.1, 0.15) is 17.5 Å². The van der Waals surface area contributed by atoms with E-state index in [9.17, 15) is 9.59 Å². The number of nitrogens with one attached hydrogen (secondary N) is 1. The van der Waals surface area contributed by atoms with Gasteiger partial charge in [-0.05, 0) is 63.6 Å². The second kappa shape index (κ2) is 10.3. The number of benzene rings is 2. The maximum absolute atomic E-state index is 13.0. The van der Waals surface area contributed by atoms with Crippen molar-refractivity contribution in [3.05, 3.63) is 59.1 Å². The summed E-state index contributed by atoms with van der Waals surface area (Å²) in [5, 5.41) is 3.46. The molecule has 0 bridgehead atoms. The molecule has 1 atom stereocenters. The first-order valence-electron chi connectivity index (χ1n) is 9.72. The van der Waals surface area contributed by atoms with Crippen LogP contribution in [0, 0.1) is 0 Å². The van der Waals surface area contributed by atoms with E-state index in [1.54, 1.807) is 44.4 Å². The normalized spacial score (nSPS) is 12.1. The van der Waals surface area contributed by atoms with Crippen LogP contribution in [0.15, 0.2) is 48.5 Å². The highest BCUT2D eigenvalue weighted by Gasteiger charge is 2.29. The lowest BCUT2D eigenvalue weighted by molar-refractivity contribution is -0.142. The van der Waals surface area contributed by atoms with E-state index in [1.165, 1.54) is 4.90 Å². The fraction of sp³-hybridized carbons (Fsp3) is 0.391. The van der Waals surface area contributed by atoms with E-state index in [2.05, 4.69) is 5.32 Å². The third-order valence-electron chi connectivity index (χ3n) is 4.39. The molecular weight excluding hydrogens is 404 g/mol. The van der Waals surface area contributed by atoms with Crippen LogP contribution in [0.2, 0.25) is 5.02 Å². The molecule has 0 fully saturated rings. The Morgan fingerprint density at radius 1 is 1.07 bits per heavy atom. The number of nitrogens with zero attached hydrogens (tertiary/aromatic N) is 1. The maximum atomic E-state index is 13.0. The molecule has 0 aromatic heterocycles. The van der Waals surface area contributed by atoms with E-state index in [4.69, 9.17) is 21.1 Å². The molecule has 2 amide bonds. The summed E-state index contributed by atoms with van der Waals surface area (Å²) < 4.78 is 10.8. The molecule has 0 aliphatic heterocycles. The summed E-state index contributed by atoms with van der Waals surface area (Å²) >= 11 is 6.28. The van der Waals surface area contributed by atoms with E-state index in [0.717, 1.165) is 5.56 Å². The Kier molecular flexibility index (Phi) is 8.12. The average Bonchev–Trinajstić information content (AvgIpc) is 2.70. The zero-order chi connectivity index (χ0) is 22.3. The van der Waals surface area contributed by atoms with E-state index in [-0.39, 0.29) is 25.0 Å². The van der Waals surface area contributed by atoms with Crippen molar-refractivity contribution in [2.75, 3.05) is 13.7 Å². The van der Waals surface area contributed by atoms with Gasteiger partial charge in [-0.1, -0.05) is 29.8 Å². The minimum atomic E-state index is -0.701. The van der Waals surface area contributed by atoms with Gasteiger partial charge in [-0.25, -0.2) is 0 Å². The van der Waals surface area contributed by atoms with Crippen LogP contribution in [0.1, 0.15) is 33.3 Å². The summed E-state index contributed by atoms with van der Waals surface area (Å²) in [6, 6.07) is 13.5. The van der Waals surface area contributed by atoms with Gasteiger partial charge in [0.15, 0.2) is 6.61 Å². The van der Waals surface area contributed by atoms with Crippen molar-refractivity contribution in [1.29, 1.82) is 0 Å². The highest BCUT2D eigenvalue weighted by molar-refractivity contribution is 6.31. The van der Waals surface area contributed by atoms with Gasteiger partial charge in [0.25, 0.3) is 5.91 Å². The van der Waals surface area contributed by atoms with Crippen LogP contribution in [0.3, 0.4) is 0 Å². The number of rotatable bonds is 8. The first-order valence-corrected chi connectivity index (χ1v) is 10.1. The number of carbonyl (C=O) groups excluding carboxylic acids is 2. The van der Waals surface area contributed by atoms with Crippen molar-refractivity contribution < 1.29 is 19.1 Å². The van der Waals surface area contributed by atoms with Crippen molar-refractivity contribution >= 4 is 23.4 Å². The largest absolute Gasteiger partial charge is 0.497 e. The molecule has 0 saturated heterocycles. The number of hydrogen-bond donors (Lipinski definition) is 1. The summed E-state index contributed by atoms with van der Waals surface area (Å²) in [7, 11) is 1.58. The molecule has 162 valence electrons. The Bertz CT molecular complexity index is 862. The molecule has 30 heavy (non-hydrogen) atoms. The van der Waals surface area contributed by atoms with Crippen LogP contribution in [-0.4, -0.2) is 42.0 Å². The van der Waals surface area contributed by atoms with Gasteiger partial charge in [-0.2, -0.15) is 0 Å². The van der Waals surface area contributed by atoms with Crippen LogP contribution < -0.4 is 14.8 Å². The van der Waals surface area contributed by atoms with Gasteiger partial charge < -0.3 is 19.7 Å². The third kappa shape index (κ3) is 6.95. The molecule has 2 aromatic rings. The summed E-state index contributed by atoms with van der Waals surface area (Å²) in [6.45, 7) is 7.37. The van der Waals surface area contributed by atoms with Gasteiger partial charge in [-0.3, -0.25) is 9.59 Å². The van der Waals surface area contributed by atoms with Gasteiger partial charge in [0.2, 0.25) is 5.91 Å². The van der Waals surface area contributed by atoms with Crippen LogP contribution >= 0.6 is 11.6 Å². The van der Waals surface area contributed by atoms with E-state index < -0.39 is 11.6 Å². The monoisotopic (exact) mass is 432 g/mol. The van der Waals surface area contributed by atoms with Gasteiger partial charge in [-0.15, -0.1) is 0 Å². The Labute approximate surface area is 183 Å². The third-order valence-corrected chi connectivity index (χ3v) is 4.75. The Balaban J connectivity index is 2.16. The zero-order valence-corrected chi connectivity index (χ0v) is 18.8. The summed E-state index contributed by atoms with van der Waals surface area (Å²) in [4.78, 5) is 27.2. The van der Waals surface area contributed by atoms with Gasteiger partial charge in [0, 0.05) is 17.1 Å². The lowest BCUT2D eigenvalue weighted by Crippen LogP contribution is -2.53. The van der Waals surface area contributed by atoms with Crippen molar-refractivity contribution in [1.82, 2.24) is 10.2 Å². The molecule has 6 nitrogen and oxygen atoms in total. The number of halogens is 1. The van der Waals surface area contributed by atoms with E-state index >= 15 is 0 Å². The molecule has 0 aliphatic carbocycles. The van der Waals surface area contributed by atoms with Crippen molar-refractivity contribution in [2.45, 2.75) is 45.8 Å². The zero-order valence-electron chi connectivity index (χ0n) is 18.1. The fourth-order valence-electron chi connectivity index (χ4n) is 2.77. The Morgan fingerprint density at radius 3 is 2.23 bits per heavy atom. The molecule has 0 heterocycles. The maximum Gasteiger partial charge on any atom is 0.261 e. The molecule has 2 rings (SSSR count). The second-order valence-electron chi connectivity index (χ2n) is 7.99. The molecule has 0 saturated carbocycles. The number of hydrogen-bond acceptors (Lipinski definition) is 4. The van der Waals surface area contributed by atoms with E-state index in [0.29, 0.717) is 16.5 Å². The SMILES string of the molecule is COc1ccc(OCC(=O)N(Cc2ccccc2Cl)C(C)C(=O)NC(C)(C)C)cc1. The fourth-order valence-corrected chi connectivity index (χ4v) is 2.96. The summed E-state index contributed by atoms with van der Waals surface area (Å²) in [5.74, 6) is 0.671. The average molecular weight is 433 g/mol. The Hall–Kier alpha value is -2.73. The molecule has 2 aromatic carbocycles. The number of ether oxygens (including phenoxy) is 2. The molecule has 1 unspecified atom stereocenters. The highest BCUT2D eigenvalue weighted by Crippen LogP contribution is 2.20. The van der Waals surface area contributed by atoms with Crippen LogP contribution in [0.25, 0.3) is 0 Å². The summed E-state index contributed by atoms with van der Waals surface area (Å²) in [5.41, 5.74) is 0.344. The van der Waals surface area contributed by atoms with Crippen molar-refractivity contribution in [2.24, 2.45) is 0 Å². The quantitative estimate of drug-likeness (QED) is 0.683. The second-order valence-corrected chi connectivity index (χ2v) is 8.40. The first-order chi connectivity index (χ1) is 14.1. The molecular formula is C23H29ClN2O4. The van der Waals surface area contributed by atoms with Gasteiger partial charge >= 0.3 is 0 Å². The molecule has 0 spiro atoms. The highest BCUT2D eigenvalue weighted by atomic mass is 35.5. The van der Waals surface area contributed by atoms with Gasteiger partial charge in [0.05, 0.1) is 7.11 Å². The topological polar surface area (TPSA) is 67.9 Å².